The molecule has 3 saturated heterocycles. The molecule has 0 aromatic carbocycles. The first-order valence-electron chi connectivity index (χ1n) is 20.2. The summed E-state index contributed by atoms with van der Waals surface area (Å²) in [7, 11) is 0. The highest BCUT2D eigenvalue weighted by Crippen LogP contribution is 2.61. The van der Waals surface area contributed by atoms with Crippen molar-refractivity contribution in [2.75, 3.05) is 13.1 Å². The quantitative estimate of drug-likeness (QED) is 0.310. The summed E-state index contributed by atoms with van der Waals surface area (Å²) in [5.41, 5.74) is 3.17. The summed E-state index contributed by atoms with van der Waals surface area (Å²) in [5.74, 6) is 6.13. The van der Waals surface area contributed by atoms with Gasteiger partial charge < -0.3 is 16.0 Å². The van der Waals surface area contributed by atoms with Crippen LogP contribution in [0.3, 0.4) is 0 Å². The van der Waals surface area contributed by atoms with Crippen molar-refractivity contribution in [2.45, 2.75) is 158 Å². The highest BCUT2D eigenvalue weighted by Gasteiger charge is 2.64. The number of nitrogens with zero attached hydrogens (tertiary/aromatic N) is 2. The zero-order valence-corrected chi connectivity index (χ0v) is 27.9. The van der Waals surface area contributed by atoms with Crippen molar-refractivity contribution in [2.24, 2.45) is 41.4 Å². The molecule has 0 spiro atoms. The molecule has 0 bridgehead atoms. The summed E-state index contributed by atoms with van der Waals surface area (Å²) in [6, 6.07) is 4.49. The molecule has 0 radical (unpaired) electrons. The predicted octanol–water partition coefficient (Wildman–Crippen LogP) is 6.69. The maximum atomic E-state index is 4.43. The van der Waals surface area contributed by atoms with Crippen molar-refractivity contribution in [3.63, 3.8) is 0 Å². The molecule has 0 aromatic rings. The van der Waals surface area contributed by atoms with E-state index < -0.39 is 0 Å². The second-order valence-corrected chi connectivity index (χ2v) is 17.5. The second kappa shape index (κ2) is 11.7. The molecular formula is C40H61N5. The summed E-state index contributed by atoms with van der Waals surface area (Å²) in [5, 5.41) is 12.6. The first-order valence-corrected chi connectivity index (χ1v) is 20.2. The Morgan fingerprint density at radius 1 is 0.622 bits per heavy atom. The van der Waals surface area contributed by atoms with Crippen LogP contribution >= 0.6 is 0 Å². The van der Waals surface area contributed by atoms with Crippen molar-refractivity contribution < 1.29 is 0 Å². The van der Waals surface area contributed by atoms with Gasteiger partial charge in [-0.25, -0.2) is 0 Å². The lowest BCUT2D eigenvalue weighted by Crippen LogP contribution is -2.67. The van der Waals surface area contributed by atoms with Gasteiger partial charge in [0.25, 0.3) is 0 Å². The molecule has 14 atom stereocenters. The van der Waals surface area contributed by atoms with Crippen LogP contribution in [0.25, 0.3) is 0 Å². The van der Waals surface area contributed by atoms with E-state index in [1.54, 1.807) is 11.4 Å². The van der Waals surface area contributed by atoms with Crippen molar-refractivity contribution in [3.8, 4) is 0 Å². The number of hydrogen-bond acceptors (Lipinski definition) is 5. The average Bonchev–Trinajstić information content (AvgIpc) is 3.82. The van der Waals surface area contributed by atoms with Crippen LogP contribution in [0, 0.1) is 41.4 Å². The minimum Gasteiger partial charge on any atom is -0.380 e. The van der Waals surface area contributed by atoms with Gasteiger partial charge in [0, 0.05) is 54.1 Å². The van der Waals surface area contributed by atoms with E-state index in [1.807, 2.05) is 0 Å². The first kappa shape index (κ1) is 28.7. The maximum absolute atomic E-state index is 4.43. The minimum atomic E-state index is 0.447. The van der Waals surface area contributed by atoms with Gasteiger partial charge in [-0.2, -0.15) is 0 Å². The van der Waals surface area contributed by atoms with Gasteiger partial charge >= 0.3 is 0 Å². The van der Waals surface area contributed by atoms with E-state index in [9.17, 15) is 0 Å². The Bertz CT molecular complexity index is 1200. The van der Waals surface area contributed by atoms with Crippen molar-refractivity contribution in [3.05, 3.63) is 35.7 Å². The van der Waals surface area contributed by atoms with E-state index in [4.69, 9.17) is 0 Å². The van der Waals surface area contributed by atoms with Gasteiger partial charge in [0.15, 0.2) is 0 Å². The number of rotatable bonds is 3. The molecular weight excluding hydrogens is 550 g/mol. The molecule has 4 heterocycles. The largest absolute Gasteiger partial charge is 0.380 e. The molecule has 3 N–H and O–H groups in total. The van der Waals surface area contributed by atoms with Crippen molar-refractivity contribution in [1.82, 2.24) is 25.8 Å². The van der Waals surface area contributed by atoms with Gasteiger partial charge in [0.05, 0.1) is 6.04 Å². The summed E-state index contributed by atoms with van der Waals surface area (Å²) in [4.78, 5) is 6.47. The van der Waals surface area contributed by atoms with Crippen LogP contribution < -0.4 is 16.0 Å². The second-order valence-electron chi connectivity index (χ2n) is 17.5. The predicted molar refractivity (Wildman–Crippen MR) is 182 cm³/mol. The molecule has 45 heavy (non-hydrogen) atoms. The highest BCUT2D eigenvalue weighted by atomic mass is 15.4. The van der Waals surface area contributed by atoms with Gasteiger partial charge in [-0.05, 0) is 145 Å². The fourth-order valence-corrected chi connectivity index (χ4v) is 14.1. The van der Waals surface area contributed by atoms with E-state index in [0.717, 1.165) is 65.7 Å². The lowest BCUT2D eigenvalue weighted by molar-refractivity contribution is 0.00443. The zero-order valence-electron chi connectivity index (χ0n) is 27.9. The Labute approximate surface area is 273 Å². The summed E-state index contributed by atoms with van der Waals surface area (Å²) < 4.78 is 0. The molecule has 3 saturated carbocycles. The van der Waals surface area contributed by atoms with Crippen LogP contribution in [0.15, 0.2) is 35.7 Å². The standard InChI is InChI=1S/C40H61N5/c1-2-11-26(12-3-1)39-40(43-33-16-8-7-15-32(33)42-39)45-35-19-18-25-10-4-5-13-28(25)38(35)31-22-30-29-14-6-9-17-34(29)44(27-20-21-41-24-27)36(30)23-37(31)45/h2,5,11,13,25-31,34-43H,1,3-4,6-10,12,14-24H2. The van der Waals surface area contributed by atoms with Crippen molar-refractivity contribution in [1.29, 1.82) is 0 Å². The molecule has 0 amide bonds. The molecule has 5 heteroatoms. The molecule has 5 nitrogen and oxygen atoms in total. The van der Waals surface area contributed by atoms with E-state index in [0.29, 0.717) is 18.1 Å². The molecule has 10 rings (SSSR count). The molecule has 4 aliphatic heterocycles. The molecule has 6 aliphatic carbocycles. The fourth-order valence-electron chi connectivity index (χ4n) is 14.1. The van der Waals surface area contributed by atoms with Gasteiger partial charge in [-0.3, -0.25) is 9.80 Å². The topological polar surface area (TPSA) is 42.6 Å². The number of nitrogens with one attached hydrogen (secondary N) is 3. The lowest BCUT2D eigenvalue weighted by atomic mass is 9.59. The summed E-state index contributed by atoms with van der Waals surface area (Å²) >= 11 is 0. The van der Waals surface area contributed by atoms with Gasteiger partial charge in [-0.1, -0.05) is 37.1 Å². The van der Waals surface area contributed by atoms with E-state index >= 15 is 0 Å². The summed E-state index contributed by atoms with van der Waals surface area (Å²) in [6.07, 6.45) is 36.2. The first-order chi connectivity index (χ1) is 22.3. The SMILES string of the molecule is C1=CC(C2NC3=C(CCCC3)NC2N2C3CC4C(CC3C3C5C=CCCC5CCC32)C2CCCCC2N4C2CCNC2)CCC1. The maximum Gasteiger partial charge on any atom is 0.101 e. The third-order valence-electron chi connectivity index (χ3n) is 15.7. The van der Waals surface area contributed by atoms with Gasteiger partial charge in [0.2, 0.25) is 0 Å². The molecule has 10 aliphatic rings. The number of fused-ring (bicyclic) bond motifs is 8. The smallest absolute Gasteiger partial charge is 0.101 e. The number of likely N-dealkylation sites (tertiary alicyclic amines) is 2. The monoisotopic (exact) mass is 611 g/mol. The third kappa shape index (κ3) is 4.62. The van der Waals surface area contributed by atoms with Crippen LogP contribution in [0.5, 0.6) is 0 Å². The van der Waals surface area contributed by atoms with E-state index in [2.05, 4.69) is 50.1 Å². The Hall–Kier alpha value is -1.30. The zero-order chi connectivity index (χ0) is 29.5. The third-order valence-corrected chi connectivity index (χ3v) is 15.7. The minimum absolute atomic E-state index is 0.447. The lowest BCUT2D eigenvalue weighted by Gasteiger charge is -2.52. The Kier molecular flexibility index (Phi) is 7.45. The van der Waals surface area contributed by atoms with E-state index in [1.165, 1.54) is 129 Å². The van der Waals surface area contributed by atoms with Gasteiger partial charge in [0.1, 0.15) is 6.17 Å². The summed E-state index contributed by atoms with van der Waals surface area (Å²) in [6.45, 7) is 2.48. The van der Waals surface area contributed by atoms with E-state index in [-0.39, 0.29) is 0 Å². The number of allylic oxidation sites excluding steroid dienone is 5. The van der Waals surface area contributed by atoms with Crippen LogP contribution in [-0.4, -0.2) is 65.3 Å². The van der Waals surface area contributed by atoms with Crippen LogP contribution in [0.4, 0.5) is 0 Å². The average molecular weight is 612 g/mol. The van der Waals surface area contributed by atoms with Crippen LogP contribution in [-0.2, 0) is 0 Å². The Morgan fingerprint density at radius 3 is 2.36 bits per heavy atom. The number of hydrogen-bond donors (Lipinski definition) is 3. The molecule has 14 unspecified atom stereocenters. The normalized spacial score (nSPS) is 50.9. The molecule has 0 aromatic heterocycles. The molecule has 6 fully saturated rings. The Morgan fingerprint density at radius 2 is 1.49 bits per heavy atom. The highest BCUT2D eigenvalue weighted by molar-refractivity contribution is 5.25. The van der Waals surface area contributed by atoms with Gasteiger partial charge in [-0.15, -0.1) is 0 Å². The Balaban J connectivity index is 1.05. The fraction of sp³-hybridized carbons (Fsp3) is 0.850. The van der Waals surface area contributed by atoms with Crippen LogP contribution in [0.2, 0.25) is 0 Å². The van der Waals surface area contributed by atoms with Crippen LogP contribution in [0.1, 0.15) is 116 Å². The van der Waals surface area contributed by atoms with Crippen molar-refractivity contribution >= 4 is 0 Å². The molecule has 246 valence electrons.